The third-order valence-electron chi connectivity index (χ3n) is 3.55. The van der Waals surface area contributed by atoms with E-state index in [2.05, 4.69) is 40.1 Å². The van der Waals surface area contributed by atoms with Gasteiger partial charge in [0.05, 0.1) is 5.52 Å². The van der Waals surface area contributed by atoms with E-state index in [-0.39, 0.29) is 6.61 Å². The minimum atomic E-state index is 0.158. The van der Waals surface area contributed by atoms with Crippen molar-refractivity contribution < 1.29 is 5.11 Å². The highest BCUT2D eigenvalue weighted by Crippen LogP contribution is 2.27. The lowest BCUT2D eigenvalue weighted by atomic mass is 10.1. The van der Waals surface area contributed by atoms with Crippen molar-refractivity contribution in [3.05, 3.63) is 29.6 Å². The predicted octanol–water partition coefficient (Wildman–Crippen LogP) is 2.18. The molecule has 2 aromatic heterocycles. The van der Waals surface area contributed by atoms with E-state index in [1.54, 1.807) is 0 Å². The largest absolute Gasteiger partial charge is 0.396 e. The summed E-state index contributed by atoms with van der Waals surface area (Å²) < 4.78 is 0. The first kappa shape index (κ1) is 12.9. The number of nitrogens with two attached hydrogens (primary N) is 1. The van der Waals surface area contributed by atoms with Gasteiger partial charge in [0.15, 0.2) is 0 Å². The molecule has 1 aromatic carbocycles. The zero-order chi connectivity index (χ0) is 14.1. The number of imidazole rings is 1. The van der Waals surface area contributed by atoms with Crippen LogP contribution in [-0.4, -0.2) is 26.7 Å². The van der Waals surface area contributed by atoms with Crippen LogP contribution in [0.1, 0.15) is 24.7 Å². The molecule has 104 valence electrons. The van der Waals surface area contributed by atoms with Crippen LogP contribution < -0.4 is 5.73 Å². The van der Waals surface area contributed by atoms with Crippen LogP contribution in [0.2, 0.25) is 0 Å². The minimum Gasteiger partial charge on any atom is -0.396 e. The number of aromatic amines is 1. The van der Waals surface area contributed by atoms with Gasteiger partial charge in [0.1, 0.15) is 22.7 Å². The van der Waals surface area contributed by atoms with E-state index < -0.39 is 0 Å². The lowest BCUT2D eigenvalue weighted by Gasteiger charge is -2.03. The van der Waals surface area contributed by atoms with Crippen molar-refractivity contribution in [3.8, 4) is 0 Å². The first-order chi connectivity index (χ1) is 9.72. The summed E-state index contributed by atoms with van der Waals surface area (Å²) in [7, 11) is 0. The van der Waals surface area contributed by atoms with Gasteiger partial charge in [0.25, 0.3) is 0 Å². The number of nitrogen functional groups attached to an aromatic ring is 1. The summed E-state index contributed by atoms with van der Waals surface area (Å²) in [6.07, 6.45) is 2.36. The molecule has 5 heteroatoms. The highest BCUT2D eigenvalue weighted by Gasteiger charge is 2.11. The molecule has 0 aliphatic carbocycles. The Morgan fingerprint density at radius 3 is 2.90 bits per heavy atom. The molecule has 0 radical (unpaired) electrons. The molecule has 5 nitrogen and oxygen atoms in total. The number of hydrogen-bond acceptors (Lipinski definition) is 4. The number of pyridine rings is 1. The summed E-state index contributed by atoms with van der Waals surface area (Å²) in [6.45, 7) is 2.27. The Kier molecular flexibility index (Phi) is 3.28. The number of aromatic nitrogens is 3. The summed E-state index contributed by atoms with van der Waals surface area (Å²) in [5, 5.41) is 9.92. The Bertz CT molecular complexity index is 763. The molecule has 3 aromatic rings. The molecule has 4 N–H and O–H groups in total. The Labute approximate surface area is 116 Å². The van der Waals surface area contributed by atoms with Crippen LogP contribution in [0.3, 0.4) is 0 Å². The van der Waals surface area contributed by atoms with Crippen molar-refractivity contribution in [2.75, 3.05) is 12.3 Å². The van der Waals surface area contributed by atoms with Gasteiger partial charge in [-0.3, -0.25) is 0 Å². The standard InChI is InChI=1S/C15H18N4O/c1-2-9-5-6-10-11(8-9)17-15(16)14-13(10)18-12(19-14)4-3-7-20/h5-6,8,20H,2-4,7H2,1H3,(H2,16,17)(H,18,19). The van der Waals surface area contributed by atoms with Crippen molar-refractivity contribution in [2.45, 2.75) is 26.2 Å². The fourth-order valence-corrected chi connectivity index (χ4v) is 2.44. The molecule has 0 fully saturated rings. The van der Waals surface area contributed by atoms with E-state index >= 15 is 0 Å². The van der Waals surface area contributed by atoms with E-state index in [0.717, 1.165) is 34.2 Å². The molecule has 0 saturated heterocycles. The number of nitrogens with one attached hydrogen (secondary N) is 1. The molecule has 0 bridgehead atoms. The first-order valence-corrected chi connectivity index (χ1v) is 6.90. The lowest BCUT2D eigenvalue weighted by molar-refractivity contribution is 0.287. The number of aliphatic hydroxyl groups excluding tert-OH is 1. The van der Waals surface area contributed by atoms with Crippen LogP contribution >= 0.6 is 0 Å². The van der Waals surface area contributed by atoms with E-state index in [4.69, 9.17) is 10.8 Å². The number of rotatable bonds is 4. The third kappa shape index (κ3) is 2.10. The van der Waals surface area contributed by atoms with Gasteiger partial charge in [-0.05, 0) is 24.5 Å². The topological polar surface area (TPSA) is 87.8 Å². The first-order valence-electron chi connectivity index (χ1n) is 6.90. The average Bonchev–Trinajstić information content (AvgIpc) is 2.89. The average molecular weight is 270 g/mol. The van der Waals surface area contributed by atoms with Crippen molar-refractivity contribution in [3.63, 3.8) is 0 Å². The number of H-pyrrole nitrogens is 1. The zero-order valence-corrected chi connectivity index (χ0v) is 11.5. The Balaban J connectivity index is 2.21. The molecule has 3 rings (SSSR count). The summed E-state index contributed by atoms with van der Waals surface area (Å²) >= 11 is 0. The van der Waals surface area contributed by atoms with Crippen LogP contribution in [0.5, 0.6) is 0 Å². The van der Waals surface area contributed by atoms with Crippen LogP contribution in [0.4, 0.5) is 5.82 Å². The summed E-state index contributed by atoms with van der Waals surface area (Å²) in [5.41, 5.74) is 9.79. The maximum absolute atomic E-state index is 8.91. The molecule has 0 unspecified atom stereocenters. The number of hydrogen-bond donors (Lipinski definition) is 3. The maximum Gasteiger partial charge on any atom is 0.150 e. The number of nitrogens with zero attached hydrogens (tertiary/aromatic N) is 2. The number of aryl methyl sites for hydroxylation is 2. The molecular formula is C15H18N4O. The van der Waals surface area contributed by atoms with Crippen LogP contribution in [0.15, 0.2) is 18.2 Å². The number of fused-ring (bicyclic) bond motifs is 3. The fraction of sp³-hybridized carbons (Fsp3) is 0.333. The second-order valence-corrected chi connectivity index (χ2v) is 4.94. The molecule has 20 heavy (non-hydrogen) atoms. The summed E-state index contributed by atoms with van der Waals surface area (Å²) in [6, 6.07) is 6.22. The highest BCUT2D eigenvalue weighted by molar-refractivity contribution is 6.06. The molecule has 0 aliphatic heterocycles. The smallest absolute Gasteiger partial charge is 0.150 e. The SMILES string of the molecule is CCc1ccc2c(c1)nc(N)c1[nH]c(CCCO)nc12. The van der Waals surface area contributed by atoms with Crippen molar-refractivity contribution >= 4 is 27.8 Å². The summed E-state index contributed by atoms with van der Waals surface area (Å²) in [5.74, 6) is 1.32. The predicted molar refractivity (Wildman–Crippen MR) is 80.6 cm³/mol. The number of aliphatic hydroxyl groups is 1. The van der Waals surface area contributed by atoms with Gasteiger partial charge >= 0.3 is 0 Å². The van der Waals surface area contributed by atoms with Crippen molar-refractivity contribution in [2.24, 2.45) is 0 Å². The zero-order valence-electron chi connectivity index (χ0n) is 11.5. The van der Waals surface area contributed by atoms with Gasteiger partial charge in [-0.2, -0.15) is 0 Å². The van der Waals surface area contributed by atoms with Gasteiger partial charge in [-0.1, -0.05) is 19.1 Å². The molecule has 0 amide bonds. The normalized spacial score (nSPS) is 11.5. The van der Waals surface area contributed by atoms with Gasteiger partial charge in [0, 0.05) is 18.4 Å². The maximum atomic E-state index is 8.91. The molecule has 0 atom stereocenters. The minimum absolute atomic E-state index is 0.158. The molecular weight excluding hydrogens is 252 g/mol. The van der Waals surface area contributed by atoms with Gasteiger partial charge in [-0.25, -0.2) is 9.97 Å². The lowest BCUT2D eigenvalue weighted by Crippen LogP contribution is -1.94. The van der Waals surface area contributed by atoms with Crippen LogP contribution in [0, 0.1) is 0 Å². The van der Waals surface area contributed by atoms with Crippen LogP contribution in [0.25, 0.3) is 21.9 Å². The number of benzene rings is 1. The molecule has 2 heterocycles. The molecule has 0 spiro atoms. The number of anilines is 1. The van der Waals surface area contributed by atoms with Crippen LogP contribution in [-0.2, 0) is 12.8 Å². The van der Waals surface area contributed by atoms with E-state index in [9.17, 15) is 0 Å². The summed E-state index contributed by atoms with van der Waals surface area (Å²) in [4.78, 5) is 12.3. The molecule has 0 saturated carbocycles. The quantitative estimate of drug-likeness (QED) is 0.678. The highest BCUT2D eigenvalue weighted by atomic mass is 16.2. The van der Waals surface area contributed by atoms with Gasteiger partial charge < -0.3 is 15.8 Å². The Hall–Kier alpha value is -2.14. The van der Waals surface area contributed by atoms with Gasteiger partial charge in [-0.15, -0.1) is 0 Å². The Morgan fingerprint density at radius 2 is 2.15 bits per heavy atom. The fourth-order valence-electron chi connectivity index (χ4n) is 2.44. The van der Waals surface area contributed by atoms with Crippen molar-refractivity contribution in [1.82, 2.24) is 15.0 Å². The van der Waals surface area contributed by atoms with E-state index in [1.807, 2.05) is 0 Å². The Morgan fingerprint density at radius 1 is 1.30 bits per heavy atom. The van der Waals surface area contributed by atoms with Gasteiger partial charge in [0.2, 0.25) is 0 Å². The molecule has 0 aliphatic rings. The van der Waals surface area contributed by atoms with Crippen molar-refractivity contribution in [1.29, 1.82) is 0 Å². The van der Waals surface area contributed by atoms with E-state index in [0.29, 0.717) is 18.7 Å². The van der Waals surface area contributed by atoms with E-state index in [1.165, 1.54) is 5.56 Å². The second kappa shape index (κ2) is 5.09. The third-order valence-corrected chi connectivity index (χ3v) is 3.55. The second-order valence-electron chi connectivity index (χ2n) is 4.94. The monoisotopic (exact) mass is 270 g/mol.